The third-order valence-electron chi connectivity index (χ3n) is 1.82. The molecule has 2 atom stereocenters. The van der Waals surface area contributed by atoms with Gasteiger partial charge in [-0.25, -0.2) is 4.79 Å². The molecule has 0 bridgehead atoms. The van der Waals surface area contributed by atoms with Crippen LogP contribution < -0.4 is 0 Å². The molecule has 0 radical (unpaired) electrons. The molecule has 0 aromatic carbocycles. The highest BCUT2D eigenvalue weighted by atomic mass is 16.7. The highest BCUT2D eigenvalue weighted by Crippen LogP contribution is 2.36. The van der Waals surface area contributed by atoms with Crippen LogP contribution in [0.2, 0.25) is 0 Å². The molecule has 1 aliphatic rings. The molecule has 0 aromatic heterocycles. The first-order chi connectivity index (χ1) is 4.61. The van der Waals surface area contributed by atoms with Crippen molar-refractivity contribution < 1.29 is 14.3 Å². The summed E-state index contributed by atoms with van der Waals surface area (Å²) in [5.74, 6) is -0.248. The lowest BCUT2D eigenvalue weighted by Gasteiger charge is -2.03. The molecule has 0 N–H and O–H groups in total. The number of epoxide rings is 1. The minimum absolute atomic E-state index is 0.0200. The fourth-order valence-electron chi connectivity index (χ4n) is 0.822. The highest BCUT2D eigenvalue weighted by molar-refractivity contribution is 5.82. The highest BCUT2D eigenvalue weighted by Gasteiger charge is 2.56. The standard InChI is InChI=1S/C7H12O3/c1-4-9-6(8)7(3)5(2)10-7/h5H,4H2,1-3H3/t5-,7+/m0/s1. The van der Waals surface area contributed by atoms with Crippen LogP contribution in [0.4, 0.5) is 0 Å². The lowest BCUT2D eigenvalue weighted by molar-refractivity contribution is -0.148. The Morgan fingerprint density at radius 3 is 2.60 bits per heavy atom. The fourth-order valence-corrected chi connectivity index (χ4v) is 0.822. The van der Waals surface area contributed by atoms with Crippen LogP contribution >= 0.6 is 0 Å². The van der Waals surface area contributed by atoms with E-state index in [1.807, 2.05) is 6.92 Å². The Labute approximate surface area is 60.3 Å². The maximum Gasteiger partial charge on any atom is 0.340 e. The summed E-state index contributed by atoms with van der Waals surface area (Å²) < 4.78 is 9.82. The SMILES string of the molecule is CCOC(=O)[C@]1(C)O[C@H]1C. The summed E-state index contributed by atoms with van der Waals surface area (Å²) in [5.41, 5.74) is -0.643. The second-order valence-corrected chi connectivity index (χ2v) is 2.59. The Bertz CT molecular complexity index is 155. The molecule has 0 aliphatic carbocycles. The molecule has 0 saturated carbocycles. The Morgan fingerprint density at radius 2 is 2.30 bits per heavy atom. The number of hydrogen-bond acceptors (Lipinski definition) is 3. The topological polar surface area (TPSA) is 38.8 Å². The van der Waals surface area contributed by atoms with Gasteiger partial charge >= 0.3 is 5.97 Å². The molecular weight excluding hydrogens is 132 g/mol. The Kier molecular flexibility index (Phi) is 1.68. The van der Waals surface area contributed by atoms with Gasteiger partial charge in [0.15, 0.2) is 5.60 Å². The summed E-state index contributed by atoms with van der Waals surface area (Å²) in [4.78, 5) is 11.0. The lowest BCUT2D eigenvalue weighted by Crippen LogP contribution is -2.25. The molecular formula is C7H12O3. The van der Waals surface area contributed by atoms with E-state index >= 15 is 0 Å². The van der Waals surface area contributed by atoms with Gasteiger partial charge in [0.1, 0.15) is 0 Å². The smallest absolute Gasteiger partial charge is 0.340 e. The largest absolute Gasteiger partial charge is 0.464 e. The molecule has 3 nitrogen and oxygen atoms in total. The second kappa shape index (κ2) is 2.23. The number of carbonyl (C=O) groups excluding carboxylic acids is 1. The number of esters is 1. The molecule has 10 heavy (non-hydrogen) atoms. The van der Waals surface area contributed by atoms with Crippen molar-refractivity contribution in [3.63, 3.8) is 0 Å². The maximum atomic E-state index is 11.0. The molecule has 1 rings (SSSR count). The Morgan fingerprint density at radius 1 is 1.80 bits per heavy atom. The van der Waals surface area contributed by atoms with Crippen LogP contribution in [0.25, 0.3) is 0 Å². The summed E-state index contributed by atoms with van der Waals surface area (Å²) in [5, 5.41) is 0. The Balaban J connectivity index is 2.43. The van der Waals surface area contributed by atoms with E-state index in [0.29, 0.717) is 6.61 Å². The van der Waals surface area contributed by atoms with Gasteiger partial charge in [-0.1, -0.05) is 0 Å². The van der Waals surface area contributed by atoms with Gasteiger partial charge in [0.05, 0.1) is 12.7 Å². The van der Waals surface area contributed by atoms with Crippen LogP contribution in [0.15, 0.2) is 0 Å². The van der Waals surface area contributed by atoms with Gasteiger partial charge in [-0.3, -0.25) is 0 Å². The quantitative estimate of drug-likeness (QED) is 0.423. The predicted molar refractivity (Wildman–Crippen MR) is 35.6 cm³/mol. The molecule has 58 valence electrons. The molecule has 3 heteroatoms. The van der Waals surface area contributed by atoms with Crippen LogP contribution in [-0.2, 0) is 14.3 Å². The normalized spacial score (nSPS) is 37.3. The molecule has 1 heterocycles. The fraction of sp³-hybridized carbons (Fsp3) is 0.857. The van der Waals surface area contributed by atoms with Gasteiger partial charge in [0.25, 0.3) is 0 Å². The van der Waals surface area contributed by atoms with Crippen molar-refractivity contribution in [1.82, 2.24) is 0 Å². The zero-order valence-electron chi connectivity index (χ0n) is 6.51. The second-order valence-electron chi connectivity index (χ2n) is 2.59. The summed E-state index contributed by atoms with van der Waals surface area (Å²) in [6, 6.07) is 0. The van der Waals surface area contributed by atoms with Crippen molar-refractivity contribution in [2.45, 2.75) is 32.5 Å². The molecule has 0 aromatic rings. The number of hydrogen-bond donors (Lipinski definition) is 0. The van der Waals surface area contributed by atoms with Gasteiger partial charge in [0, 0.05) is 0 Å². The van der Waals surface area contributed by atoms with Crippen molar-refractivity contribution in [2.24, 2.45) is 0 Å². The van der Waals surface area contributed by atoms with Crippen LogP contribution in [-0.4, -0.2) is 24.3 Å². The van der Waals surface area contributed by atoms with E-state index in [4.69, 9.17) is 9.47 Å². The van der Waals surface area contributed by atoms with E-state index < -0.39 is 5.60 Å². The minimum Gasteiger partial charge on any atom is -0.464 e. The average molecular weight is 144 g/mol. The van der Waals surface area contributed by atoms with Crippen LogP contribution in [0.3, 0.4) is 0 Å². The minimum atomic E-state index is -0.643. The van der Waals surface area contributed by atoms with Crippen molar-refractivity contribution in [3.05, 3.63) is 0 Å². The van der Waals surface area contributed by atoms with E-state index in [1.54, 1.807) is 13.8 Å². The Hall–Kier alpha value is -0.570. The van der Waals surface area contributed by atoms with Gasteiger partial charge < -0.3 is 9.47 Å². The van der Waals surface area contributed by atoms with Crippen molar-refractivity contribution in [2.75, 3.05) is 6.61 Å². The van der Waals surface area contributed by atoms with E-state index in [1.165, 1.54) is 0 Å². The first-order valence-electron chi connectivity index (χ1n) is 3.46. The van der Waals surface area contributed by atoms with Gasteiger partial charge in [0.2, 0.25) is 0 Å². The lowest BCUT2D eigenvalue weighted by atomic mass is 10.1. The summed E-state index contributed by atoms with van der Waals surface area (Å²) >= 11 is 0. The van der Waals surface area contributed by atoms with Crippen molar-refractivity contribution >= 4 is 5.97 Å². The monoisotopic (exact) mass is 144 g/mol. The molecule has 1 saturated heterocycles. The summed E-state index contributed by atoms with van der Waals surface area (Å²) in [6.07, 6.45) is 0.0200. The first-order valence-corrected chi connectivity index (χ1v) is 3.46. The summed E-state index contributed by atoms with van der Waals surface area (Å²) in [7, 11) is 0. The maximum absolute atomic E-state index is 11.0. The molecule has 0 spiro atoms. The van der Waals surface area contributed by atoms with Gasteiger partial charge in [-0.2, -0.15) is 0 Å². The average Bonchev–Trinajstić information content (AvgIpc) is 2.43. The third-order valence-corrected chi connectivity index (χ3v) is 1.82. The van der Waals surface area contributed by atoms with Crippen LogP contribution in [0.1, 0.15) is 20.8 Å². The van der Waals surface area contributed by atoms with Crippen molar-refractivity contribution in [1.29, 1.82) is 0 Å². The molecule has 0 unspecified atom stereocenters. The van der Waals surface area contributed by atoms with E-state index in [-0.39, 0.29) is 12.1 Å². The molecule has 1 fully saturated rings. The predicted octanol–water partition coefficient (Wildman–Crippen LogP) is 0.727. The first kappa shape index (κ1) is 7.54. The number of carbonyl (C=O) groups is 1. The number of ether oxygens (including phenoxy) is 2. The van der Waals surface area contributed by atoms with Gasteiger partial charge in [-0.05, 0) is 20.8 Å². The van der Waals surface area contributed by atoms with E-state index in [2.05, 4.69) is 0 Å². The van der Waals surface area contributed by atoms with Crippen LogP contribution in [0.5, 0.6) is 0 Å². The molecule has 1 aliphatic heterocycles. The summed E-state index contributed by atoms with van der Waals surface area (Å²) in [6.45, 7) is 5.81. The van der Waals surface area contributed by atoms with Crippen molar-refractivity contribution in [3.8, 4) is 0 Å². The number of rotatable bonds is 2. The zero-order valence-corrected chi connectivity index (χ0v) is 6.51. The zero-order chi connectivity index (χ0) is 7.78. The van der Waals surface area contributed by atoms with Gasteiger partial charge in [-0.15, -0.1) is 0 Å². The third kappa shape index (κ3) is 1.01. The van der Waals surface area contributed by atoms with E-state index in [0.717, 1.165) is 0 Å². The van der Waals surface area contributed by atoms with E-state index in [9.17, 15) is 4.79 Å². The van der Waals surface area contributed by atoms with Crippen LogP contribution in [0, 0.1) is 0 Å². The molecule has 0 amide bonds.